The van der Waals surface area contributed by atoms with Crippen molar-refractivity contribution in [2.75, 3.05) is 0 Å². The van der Waals surface area contributed by atoms with Crippen LogP contribution >= 0.6 is 34.0 Å². The molecule has 0 spiro atoms. The molecule has 702 valence electrons. The molecule has 9 nitrogen and oxygen atoms in total. The summed E-state index contributed by atoms with van der Waals surface area (Å²) in [6.07, 6.45) is 4.90. The van der Waals surface area contributed by atoms with Crippen LogP contribution in [0, 0.1) is 0 Å². The second-order valence-corrected chi connectivity index (χ2v) is 40.9. The zero-order valence-electron chi connectivity index (χ0n) is 80.6. The van der Waals surface area contributed by atoms with E-state index >= 15 is 0 Å². The van der Waals surface area contributed by atoms with Crippen LogP contribution < -0.4 is 0 Å². The first-order valence-electron chi connectivity index (χ1n) is 50.1. The average Bonchev–Trinajstić information content (AvgIpc) is 1.57. The Labute approximate surface area is 874 Å². The van der Waals surface area contributed by atoms with E-state index in [4.69, 9.17) is 23.2 Å². The number of furan rings is 3. The molecule has 21 aromatic carbocycles. The van der Waals surface area contributed by atoms with E-state index in [-0.39, 0.29) is 0 Å². The lowest BCUT2D eigenvalue weighted by molar-refractivity contribution is 0.667. The highest BCUT2D eigenvalue weighted by atomic mass is 32.1. The zero-order chi connectivity index (χ0) is 99.1. The first-order valence-corrected chi connectivity index (χ1v) is 52.6. The van der Waals surface area contributed by atoms with Crippen molar-refractivity contribution in [3.8, 4) is 167 Å². The Kier molecular flexibility index (Phi) is 22.3. The molecule has 0 aliphatic rings. The van der Waals surface area contributed by atoms with Gasteiger partial charge in [-0.25, -0.2) is 29.9 Å². The van der Waals surface area contributed by atoms with E-state index in [1.807, 2.05) is 101 Å². The van der Waals surface area contributed by atoms with E-state index in [0.29, 0.717) is 16.7 Å². The van der Waals surface area contributed by atoms with Gasteiger partial charge in [-0.05, 0) is 245 Å². The van der Waals surface area contributed by atoms with E-state index < -0.39 is 0 Å². The fourth-order valence-corrected chi connectivity index (χ4v) is 25.1. The van der Waals surface area contributed by atoms with Gasteiger partial charge in [-0.2, -0.15) is 0 Å². The van der Waals surface area contributed by atoms with Crippen molar-refractivity contribution >= 4 is 161 Å². The van der Waals surface area contributed by atoms with E-state index in [0.717, 1.165) is 128 Å². The number of rotatable bonds is 15. The molecule has 0 amide bonds. The summed E-state index contributed by atoms with van der Waals surface area (Å²) in [6, 6.07) is 175. The van der Waals surface area contributed by atoms with Crippen molar-refractivity contribution in [2.45, 2.75) is 0 Å². The molecule has 0 aliphatic carbocycles. The van der Waals surface area contributed by atoms with Gasteiger partial charge in [0.05, 0.1) is 0 Å². The van der Waals surface area contributed by atoms with Gasteiger partial charge in [0, 0.05) is 116 Å². The summed E-state index contributed by atoms with van der Waals surface area (Å²) in [4.78, 5) is 27.9. The maximum absolute atomic E-state index is 6.58. The number of hydrogen-bond donors (Lipinski definition) is 0. The Morgan fingerprint density at radius 2 is 0.413 bits per heavy atom. The van der Waals surface area contributed by atoms with Gasteiger partial charge < -0.3 is 13.3 Å². The zero-order valence-corrected chi connectivity index (χ0v) is 83.1. The molecule has 0 bridgehead atoms. The molecule has 0 unspecified atom stereocenters. The molecule has 30 rings (SSSR count). The van der Waals surface area contributed by atoms with Crippen molar-refractivity contribution < 1.29 is 13.3 Å². The largest absolute Gasteiger partial charge is 0.452 e. The van der Waals surface area contributed by atoms with Gasteiger partial charge in [-0.1, -0.05) is 358 Å². The van der Waals surface area contributed by atoms with Crippen LogP contribution in [-0.2, 0) is 0 Å². The highest BCUT2D eigenvalue weighted by molar-refractivity contribution is 7.27. The molecule has 0 N–H and O–H groups in total. The van der Waals surface area contributed by atoms with Gasteiger partial charge in [0.15, 0.2) is 16.7 Å². The minimum atomic E-state index is 0.702. The van der Waals surface area contributed by atoms with Crippen LogP contribution in [-0.4, -0.2) is 29.9 Å². The standard InChI is InChI=1S/C52H32N2OS.C46H28N2OS.C40H24N2OS/c1-4-14-33(15-5-1)40-28-43(35-18-8-3-9-19-35)51-45(30-40)46-31-41(34-16-6-2-7-17-34)29-44(52(46)56-51)38-22-12-20-36(26-38)37-21-13-23-39(27-37)48-50-49(54-32-53-48)42-24-10-11-25-47(42)55-50;1-3-11-29(12-4-1)33-21-22-42-39(25-33)40-27-36(30-13-5-2-6-14-30)26-38(46(40)50-42)34-17-9-15-31(23-34)32-16-10-18-35(24-32)43-45-44(48-28-47-43)37-19-7-8-20-41(37)49-45;1-2-9-25(10-3-1)31-16-8-17-33-38-40(43-39(31)33)37(41-24-42-38)30-14-7-13-28(22-30)26-11-6-12-27(21-26)29-19-20-36-34(23-29)32-15-4-5-18-35(32)44-36/h1-32H;1-28H;1-24H. The molecular formula is C138H84N6O3S3. The molecule has 9 heterocycles. The number of benzene rings is 21. The topological polar surface area (TPSA) is 117 Å². The Balaban J connectivity index is 0.000000109. The maximum atomic E-state index is 6.58. The van der Waals surface area contributed by atoms with E-state index in [1.165, 1.54) is 150 Å². The number of aromatic nitrogens is 6. The highest BCUT2D eigenvalue weighted by Crippen LogP contribution is 2.52. The smallest absolute Gasteiger partial charge is 0.180 e. The predicted octanol–water partition coefficient (Wildman–Crippen LogP) is 39.2. The molecule has 0 radical (unpaired) electrons. The van der Waals surface area contributed by atoms with Crippen molar-refractivity contribution in [3.63, 3.8) is 0 Å². The molecule has 30 aromatic rings. The number of para-hydroxylation sites is 3. The summed E-state index contributed by atoms with van der Waals surface area (Å²) in [6.45, 7) is 0. The predicted molar refractivity (Wildman–Crippen MR) is 628 cm³/mol. The SMILES string of the molecule is c1ccc(-c2cc(-c3ccccc3)c3sc4c(-c5cccc(-c6cccc(-c7ncnc8c7oc7ccccc78)c6)c5)cc(-c5ccccc5)cc4c3c2)cc1.c1ccc(-c2ccc3sc4c(-c5cccc(-c6cccc(-c7ncnc8c7oc7ccccc78)c6)c5)cc(-c5ccccc5)cc4c3c2)cc1.c1ccc(-c2cccc3c2oc2c(-c4cccc(-c5cccc(-c6ccc7sc8ccccc8c7c6)c5)c4)ncnc23)cc1. The quantitative estimate of drug-likeness (QED) is 0.0989. The monoisotopic (exact) mass is 1970 g/mol. The van der Waals surface area contributed by atoms with Gasteiger partial charge in [-0.15, -0.1) is 34.0 Å². The van der Waals surface area contributed by atoms with Crippen molar-refractivity contribution in [2.24, 2.45) is 0 Å². The lowest BCUT2D eigenvalue weighted by Gasteiger charge is -2.12. The number of thiophene rings is 3. The van der Waals surface area contributed by atoms with Crippen molar-refractivity contribution in [1.29, 1.82) is 0 Å². The van der Waals surface area contributed by atoms with Gasteiger partial charge in [0.25, 0.3) is 0 Å². The molecule has 0 atom stereocenters. The van der Waals surface area contributed by atoms with Crippen LogP contribution in [0.1, 0.15) is 0 Å². The third-order valence-corrected chi connectivity index (χ3v) is 32.4. The molecular weight excluding hydrogens is 1890 g/mol. The lowest BCUT2D eigenvalue weighted by Crippen LogP contribution is -1.88. The van der Waals surface area contributed by atoms with E-state index in [9.17, 15) is 0 Å². The first kappa shape index (κ1) is 88.6. The van der Waals surface area contributed by atoms with Crippen LogP contribution in [0.2, 0.25) is 0 Å². The van der Waals surface area contributed by atoms with Crippen LogP contribution in [0.4, 0.5) is 0 Å². The third-order valence-electron chi connectivity index (χ3n) is 28.8. The molecule has 150 heavy (non-hydrogen) atoms. The van der Waals surface area contributed by atoms with Gasteiger partial charge in [0.1, 0.15) is 69.4 Å². The number of fused-ring (bicyclic) bond motifs is 18. The molecule has 0 aliphatic heterocycles. The second-order valence-electron chi connectivity index (χ2n) is 37.8. The van der Waals surface area contributed by atoms with Crippen LogP contribution in [0.3, 0.4) is 0 Å². The summed E-state index contributed by atoms with van der Waals surface area (Å²) in [5, 5.41) is 10.7. The van der Waals surface area contributed by atoms with Gasteiger partial charge in [0.2, 0.25) is 0 Å². The maximum Gasteiger partial charge on any atom is 0.180 e. The first-order chi connectivity index (χ1) is 74.3. The Bertz CT molecular complexity index is 10500. The van der Waals surface area contributed by atoms with Crippen LogP contribution in [0.5, 0.6) is 0 Å². The Morgan fingerprint density at radius 3 is 0.853 bits per heavy atom. The summed E-state index contributed by atoms with van der Waals surface area (Å²) in [7, 11) is 0. The highest BCUT2D eigenvalue weighted by Gasteiger charge is 2.26. The second kappa shape index (κ2) is 37.8. The normalized spacial score (nSPS) is 11.6. The summed E-state index contributed by atoms with van der Waals surface area (Å²) in [5.74, 6) is 0. The third kappa shape index (κ3) is 16.3. The summed E-state index contributed by atoms with van der Waals surface area (Å²) >= 11 is 5.61. The lowest BCUT2D eigenvalue weighted by atomic mass is 9.92. The molecule has 12 heteroatoms. The van der Waals surface area contributed by atoms with Gasteiger partial charge in [-0.3, -0.25) is 0 Å². The fraction of sp³-hybridized carbons (Fsp3) is 0. The van der Waals surface area contributed by atoms with Crippen LogP contribution in [0.25, 0.3) is 294 Å². The summed E-state index contributed by atoms with van der Waals surface area (Å²) in [5.41, 5.74) is 40.7. The van der Waals surface area contributed by atoms with Gasteiger partial charge >= 0.3 is 0 Å². The molecule has 0 fully saturated rings. The van der Waals surface area contributed by atoms with E-state index in [1.54, 1.807) is 19.0 Å². The fourth-order valence-electron chi connectivity index (χ4n) is 21.5. The number of hydrogen-bond acceptors (Lipinski definition) is 12. The van der Waals surface area contributed by atoms with Crippen LogP contribution in [0.15, 0.2) is 524 Å². The number of nitrogens with zero attached hydrogens (tertiary/aromatic N) is 6. The molecule has 9 aromatic heterocycles. The molecule has 0 saturated carbocycles. The molecule has 0 saturated heterocycles. The minimum Gasteiger partial charge on any atom is -0.452 e. The summed E-state index contributed by atoms with van der Waals surface area (Å²) < 4.78 is 27.0. The Hall–Kier alpha value is -19.1. The van der Waals surface area contributed by atoms with E-state index in [2.05, 4.69) is 445 Å². The average molecular weight is 1970 g/mol. The van der Waals surface area contributed by atoms with Crippen molar-refractivity contribution in [1.82, 2.24) is 29.9 Å². The minimum absolute atomic E-state index is 0.702. The Morgan fingerprint density at radius 1 is 0.140 bits per heavy atom. The van der Waals surface area contributed by atoms with Crippen molar-refractivity contribution in [3.05, 3.63) is 510 Å².